The molecule has 1 unspecified atom stereocenters. The molecule has 1 saturated heterocycles. The molecule has 0 bridgehead atoms. The van der Waals surface area contributed by atoms with E-state index in [9.17, 15) is 4.79 Å². The normalized spacial score (nSPS) is 18.2. The van der Waals surface area contributed by atoms with E-state index in [1.807, 2.05) is 12.1 Å². The van der Waals surface area contributed by atoms with Gasteiger partial charge in [0.2, 0.25) is 0 Å². The Morgan fingerprint density at radius 2 is 2.00 bits per heavy atom. The number of anilines is 2. The number of benzene rings is 2. The van der Waals surface area contributed by atoms with Crippen LogP contribution in [-0.2, 0) is 17.8 Å². The van der Waals surface area contributed by atoms with Crippen LogP contribution < -0.4 is 14.5 Å². The van der Waals surface area contributed by atoms with Crippen LogP contribution in [0.5, 0.6) is 6.01 Å². The van der Waals surface area contributed by atoms with E-state index < -0.39 is 0 Å². The van der Waals surface area contributed by atoms with Gasteiger partial charge in [-0.05, 0) is 42.9 Å². The zero-order valence-electron chi connectivity index (χ0n) is 18.8. The van der Waals surface area contributed by atoms with Crippen molar-refractivity contribution in [2.45, 2.75) is 25.8 Å². The summed E-state index contributed by atoms with van der Waals surface area (Å²) in [5, 5.41) is 2.94. The zero-order valence-corrected chi connectivity index (χ0v) is 19.5. The average Bonchev–Trinajstić information content (AvgIpc) is 2.87. The van der Waals surface area contributed by atoms with Gasteiger partial charge in [0.15, 0.2) is 5.78 Å². The third kappa shape index (κ3) is 4.04. The highest BCUT2D eigenvalue weighted by Gasteiger charge is 2.30. The molecule has 0 amide bonds. The number of piperidine rings is 1. The van der Waals surface area contributed by atoms with E-state index in [2.05, 4.69) is 40.6 Å². The van der Waals surface area contributed by atoms with Gasteiger partial charge >= 0.3 is 6.01 Å². The van der Waals surface area contributed by atoms with E-state index in [4.69, 9.17) is 26.3 Å². The molecule has 5 rings (SSSR count). The largest absolute Gasteiger partial charge is 0.467 e. The van der Waals surface area contributed by atoms with Crippen molar-refractivity contribution in [1.29, 1.82) is 0 Å². The number of halogens is 1. The molecule has 2 aromatic carbocycles. The number of carbonyl (C=O) groups excluding carboxylic acids is 1. The van der Waals surface area contributed by atoms with Gasteiger partial charge in [-0.3, -0.25) is 4.79 Å². The van der Waals surface area contributed by atoms with E-state index in [0.29, 0.717) is 19.1 Å². The first kappa shape index (κ1) is 21.7. The van der Waals surface area contributed by atoms with Gasteiger partial charge in [0.1, 0.15) is 5.82 Å². The number of aromatic nitrogens is 2. The second-order valence-electron chi connectivity index (χ2n) is 8.64. The third-order valence-electron chi connectivity index (χ3n) is 6.70. The quantitative estimate of drug-likeness (QED) is 0.506. The highest BCUT2D eigenvalue weighted by Crippen LogP contribution is 2.37. The molecule has 33 heavy (non-hydrogen) atoms. The van der Waals surface area contributed by atoms with Crippen molar-refractivity contribution >= 4 is 39.7 Å². The van der Waals surface area contributed by atoms with Crippen LogP contribution in [0.25, 0.3) is 10.8 Å². The minimum atomic E-state index is -0.0363. The first-order valence-electron chi connectivity index (χ1n) is 11.4. The molecule has 6 nitrogen and oxygen atoms in total. The number of methoxy groups -OCH3 is 1. The third-order valence-corrected chi connectivity index (χ3v) is 7.02. The van der Waals surface area contributed by atoms with Gasteiger partial charge in [0.25, 0.3) is 0 Å². The topological polar surface area (TPSA) is 58.6 Å². The maximum absolute atomic E-state index is 12.3. The summed E-state index contributed by atoms with van der Waals surface area (Å²) in [7, 11) is 1.59. The van der Waals surface area contributed by atoms with Crippen LogP contribution in [0.15, 0.2) is 49.1 Å². The molecule has 7 heteroatoms. The smallest absolute Gasteiger partial charge is 0.318 e. The lowest BCUT2D eigenvalue weighted by atomic mass is 9.93. The molecule has 1 aromatic heterocycles. The summed E-state index contributed by atoms with van der Waals surface area (Å²) in [5.74, 6) is 0.966. The molecule has 0 spiro atoms. The number of fused-ring (bicyclic) bond motifs is 2. The summed E-state index contributed by atoms with van der Waals surface area (Å²) in [6, 6.07) is 12.6. The van der Waals surface area contributed by atoms with Crippen molar-refractivity contribution in [2.24, 2.45) is 5.92 Å². The molecular weight excluding hydrogens is 436 g/mol. The standard InChI is InChI=1S/C26H27ClN4O2/c1-3-23(32)18-9-6-13-31(15-18)25-19-12-14-30(16-21(19)28-26(29-25)33-2)22-11-5-8-17-7-4-10-20(27)24(17)22/h3-5,7-8,10-11,18H,1,6,9,12-16H2,2H3. The molecule has 0 radical (unpaired) electrons. The van der Waals surface area contributed by atoms with Gasteiger partial charge in [0, 0.05) is 42.2 Å². The second-order valence-corrected chi connectivity index (χ2v) is 9.04. The molecule has 1 fully saturated rings. The van der Waals surface area contributed by atoms with Crippen molar-refractivity contribution in [3.05, 3.63) is 65.3 Å². The Labute approximate surface area is 198 Å². The van der Waals surface area contributed by atoms with Crippen molar-refractivity contribution in [2.75, 3.05) is 36.5 Å². The van der Waals surface area contributed by atoms with Gasteiger partial charge in [-0.25, -0.2) is 0 Å². The molecule has 1 atom stereocenters. The van der Waals surface area contributed by atoms with Crippen LogP contribution in [-0.4, -0.2) is 42.5 Å². The van der Waals surface area contributed by atoms with E-state index in [1.165, 1.54) is 6.08 Å². The van der Waals surface area contributed by atoms with Gasteiger partial charge in [-0.15, -0.1) is 0 Å². The van der Waals surface area contributed by atoms with E-state index >= 15 is 0 Å². The molecule has 2 aliphatic rings. The number of nitrogens with zero attached hydrogens (tertiary/aromatic N) is 4. The van der Waals surface area contributed by atoms with Crippen LogP contribution >= 0.6 is 11.6 Å². The number of hydrogen-bond acceptors (Lipinski definition) is 6. The molecule has 3 aromatic rings. The summed E-state index contributed by atoms with van der Waals surface area (Å²) in [6.45, 7) is 6.67. The fraction of sp³-hybridized carbons (Fsp3) is 0.346. The van der Waals surface area contributed by atoms with Crippen molar-refractivity contribution < 1.29 is 9.53 Å². The Kier molecular flexibility index (Phi) is 5.94. The number of hydrogen-bond donors (Lipinski definition) is 0. The van der Waals surface area contributed by atoms with Gasteiger partial charge in [-0.2, -0.15) is 9.97 Å². The van der Waals surface area contributed by atoms with E-state index in [1.54, 1.807) is 7.11 Å². The molecule has 3 heterocycles. The Hall–Kier alpha value is -3.12. The second kappa shape index (κ2) is 9.02. The van der Waals surface area contributed by atoms with Crippen molar-refractivity contribution in [3.63, 3.8) is 0 Å². The van der Waals surface area contributed by atoms with Gasteiger partial charge in [0.05, 0.1) is 24.4 Å². The molecule has 170 valence electrons. The monoisotopic (exact) mass is 462 g/mol. The van der Waals surface area contributed by atoms with Crippen LogP contribution in [0, 0.1) is 5.92 Å². The Balaban J connectivity index is 1.51. The van der Waals surface area contributed by atoms with Crippen molar-refractivity contribution in [1.82, 2.24) is 9.97 Å². The minimum Gasteiger partial charge on any atom is -0.467 e. The number of ketones is 1. The molecular formula is C26H27ClN4O2. The minimum absolute atomic E-state index is 0.0363. The summed E-state index contributed by atoms with van der Waals surface area (Å²) in [4.78, 5) is 26.3. The maximum Gasteiger partial charge on any atom is 0.318 e. The number of allylic oxidation sites excluding steroid dienone is 1. The lowest BCUT2D eigenvalue weighted by Gasteiger charge is -2.37. The Bertz CT molecular complexity index is 1220. The molecule has 0 aliphatic carbocycles. The first-order valence-corrected chi connectivity index (χ1v) is 11.7. The highest BCUT2D eigenvalue weighted by atomic mass is 35.5. The highest BCUT2D eigenvalue weighted by molar-refractivity contribution is 6.36. The van der Waals surface area contributed by atoms with Crippen molar-refractivity contribution in [3.8, 4) is 6.01 Å². The summed E-state index contributed by atoms with van der Waals surface area (Å²) >= 11 is 6.59. The SMILES string of the molecule is C=CC(=O)C1CCCN(c2nc(OC)nc3c2CCN(c2cccc4cccc(Cl)c24)C3)C1. The summed E-state index contributed by atoms with van der Waals surface area (Å²) < 4.78 is 5.47. The zero-order chi connectivity index (χ0) is 22.9. The van der Waals surface area contributed by atoms with E-state index in [0.717, 1.165) is 70.9 Å². The lowest BCUT2D eigenvalue weighted by molar-refractivity contribution is -0.118. The number of carbonyl (C=O) groups is 1. The molecule has 2 aliphatic heterocycles. The van der Waals surface area contributed by atoms with Gasteiger partial charge in [-0.1, -0.05) is 42.4 Å². The fourth-order valence-electron chi connectivity index (χ4n) is 5.06. The lowest BCUT2D eigenvalue weighted by Crippen LogP contribution is -2.40. The fourth-order valence-corrected chi connectivity index (χ4v) is 5.33. The summed E-state index contributed by atoms with van der Waals surface area (Å²) in [5.41, 5.74) is 3.21. The maximum atomic E-state index is 12.3. The van der Waals surface area contributed by atoms with Crippen LogP contribution in [0.1, 0.15) is 24.1 Å². The number of ether oxygens (including phenoxy) is 1. The van der Waals surface area contributed by atoms with Crippen LogP contribution in [0.3, 0.4) is 0 Å². The van der Waals surface area contributed by atoms with Crippen LogP contribution in [0.2, 0.25) is 5.02 Å². The Morgan fingerprint density at radius 3 is 2.79 bits per heavy atom. The average molecular weight is 463 g/mol. The predicted molar refractivity (Wildman–Crippen MR) is 132 cm³/mol. The van der Waals surface area contributed by atoms with E-state index in [-0.39, 0.29) is 11.7 Å². The molecule has 0 N–H and O–H groups in total. The first-order chi connectivity index (χ1) is 16.1. The predicted octanol–water partition coefficient (Wildman–Crippen LogP) is 4.83. The Morgan fingerprint density at radius 1 is 1.18 bits per heavy atom. The van der Waals surface area contributed by atoms with Gasteiger partial charge < -0.3 is 14.5 Å². The summed E-state index contributed by atoms with van der Waals surface area (Å²) in [6.07, 6.45) is 4.09. The molecule has 0 saturated carbocycles. The number of rotatable bonds is 5. The van der Waals surface area contributed by atoms with Crippen LogP contribution in [0.4, 0.5) is 11.5 Å².